The molecule has 1 aliphatic rings. The second-order valence-corrected chi connectivity index (χ2v) is 6.33. The van der Waals surface area contributed by atoms with E-state index in [1.807, 2.05) is 49.2 Å². The van der Waals surface area contributed by atoms with E-state index in [1.165, 1.54) is 0 Å². The van der Waals surface area contributed by atoms with Gasteiger partial charge in [-0.05, 0) is 37.9 Å². The van der Waals surface area contributed by atoms with Crippen LogP contribution in [0.25, 0.3) is 0 Å². The lowest BCUT2D eigenvalue weighted by atomic mass is 9.96. The Hall–Kier alpha value is -1.88. The van der Waals surface area contributed by atoms with Gasteiger partial charge >= 0.3 is 0 Å². The largest absolute Gasteiger partial charge is 0.352 e. The molecule has 1 saturated heterocycles. The van der Waals surface area contributed by atoms with Gasteiger partial charge in [0, 0.05) is 37.7 Å². The third kappa shape index (κ3) is 5.06. The van der Waals surface area contributed by atoms with E-state index in [-0.39, 0.29) is 17.7 Å². The molecule has 1 fully saturated rings. The Morgan fingerprint density at radius 1 is 1.30 bits per heavy atom. The molecule has 0 spiro atoms. The summed E-state index contributed by atoms with van der Waals surface area (Å²) in [6, 6.07) is 9.24. The number of nitrogens with one attached hydrogen (secondary N) is 2. The van der Waals surface area contributed by atoms with E-state index in [1.54, 1.807) is 0 Å². The Balaban J connectivity index is 1.82. The van der Waals surface area contributed by atoms with E-state index in [9.17, 15) is 9.59 Å². The molecule has 1 heterocycles. The molecule has 5 nitrogen and oxygen atoms in total. The lowest BCUT2D eigenvalue weighted by Crippen LogP contribution is -2.46. The van der Waals surface area contributed by atoms with E-state index >= 15 is 0 Å². The van der Waals surface area contributed by atoms with Gasteiger partial charge < -0.3 is 15.5 Å². The maximum absolute atomic E-state index is 12.4. The van der Waals surface area contributed by atoms with Gasteiger partial charge in [-0.3, -0.25) is 9.59 Å². The molecule has 126 valence electrons. The van der Waals surface area contributed by atoms with Crippen molar-refractivity contribution in [3.8, 4) is 0 Å². The van der Waals surface area contributed by atoms with Crippen molar-refractivity contribution in [3.05, 3.63) is 35.9 Å². The van der Waals surface area contributed by atoms with Crippen LogP contribution in [0.1, 0.15) is 30.1 Å². The Kier molecular flexibility index (Phi) is 6.59. The van der Waals surface area contributed by atoms with Crippen LogP contribution in [-0.4, -0.2) is 49.9 Å². The number of piperidine rings is 1. The first-order chi connectivity index (χ1) is 11.1. The second-order valence-electron chi connectivity index (χ2n) is 6.33. The van der Waals surface area contributed by atoms with Gasteiger partial charge in [-0.15, -0.1) is 0 Å². The van der Waals surface area contributed by atoms with Gasteiger partial charge in [-0.1, -0.05) is 25.1 Å². The van der Waals surface area contributed by atoms with Crippen LogP contribution in [0.15, 0.2) is 30.3 Å². The number of benzene rings is 1. The summed E-state index contributed by atoms with van der Waals surface area (Å²) in [6.07, 6.45) is 2.06. The first-order valence-electron chi connectivity index (χ1n) is 8.38. The molecule has 2 amide bonds. The van der Waals surface area contributed by atoms with Gasteiger partial charge in [-0.25, -0.2) is 0 Å². The number of rotatable bonds is 6. The summed E-state index contributed by atoms with van der Waals surface area (Å²) in [5.74, 6) is 0.496. The third-order valence-electron chi connectivity index (χ3n) is 4.35. The van der Waals surface area contributed by atoms with Gasteiger partial charge in [0.1, 0.15) is 0 Å². The van der Waals surface area contributed by atoms with Crippen molar-refractivity contribution < 1.29 is 9.59 Å². The molecule has 1 aliphatic heterocycles. The fourth-order valence-corrected chi connectivity index (χ4v) is 3.07. The molecular weight excluding hydrogens is 290 g/mol. The minimum atomic E-state index is -0.0439. The first kappa shape index (κ1) is 17.5. The lowest BCUT2D eigenvalue weighted by molar-refractivity contribution is -0.136. The summed E-state index contributed by atoms with van der Waals surface area (Å²) in [5, 5.41) is 6.05. The predicted octanol–water partition coefficient (Wildman–Crippen LogP) is 1.51. The summed E-state index contributed by atoms with van der Waals surface area (Å²) in [6.45, 7) is 4.85. The van der Waals surface area contributed by atoms with E-state index in [0.717, 1.165) is 25.9 Å². The van der Waals surface area contributed by atoms with Crippen molar-refractivity contribution in [2.45, 2.75) is 19.8 Å². The van der Waals surface area contributed by atoms with Crippen LogP contribution in [-0.2, 0) is 4.79 Å². The van der Waals surface area contributed by atoms with Crippen LogP contribution in [0.4, 0.5) is 0 Å². The number of amides is 2. The lowest BCUT2D eigenvalue weighted by Gasteiger charge is -2.34. The van der Waals surface area contributed by atoms with Crippen LogP contribution in [0.5, 0.6) is 0 Å². The summed E-state index contributed by atoms with van der Waals surface area (Å²) in [7, 11) is 1.86. The highest BCUT2D eigenvalue weighted by Crippen LogP contribution is 2.18. The summed E-state index contributed by atoms with van der Waals surface area (Å²) < 4.78 is 0. The number of likely N-dealkylation sites (tertiary alicyclic amines) is 1. The SMILES string of the molecule is CNCC(C)C(=O)N1CCCC(CNC(=O)c2ccccc2)C1. The molecule has 0 bridgehead atoms. The van der Waals surface area contributed by atoms with Crippen LogP contribution in [0.3, 0.4) is 0 Å². The number of hydrogen-bond donors (Lipinski definition) is 2. The minimum Gasteiger partial charge on any atom is -0.352 e. The molecule has 23 heavy (non-hydrogen) atoms. The molecule has 0 aromatic heterocycles. The molecule has 2 unspecified atom stereocenters. The standard InChI is InChI=1S/C18H27N3O2/c1-14(11-19-2)18(23)21-10-6-7-15(13-21)12-20-17(22)16-8-4-3-5-9-16/h3-5,8-9,14-15,19H,6-7,10-13H2,1-2H3,(H,20,22). The van der Waals surface area contributed by atoms with Crippen molar-refractivity contribution in [3.63, 3.8) is 0 Å². The zero-order valence-corrected chi connectivity index (χ0v) is 14.0. The average Bonchev–Trinajstić information content (AvgIpc) is 2.60. The molecule has 2 atom stereocenters. The van der Waals surface area contributed by atoms with Crippen LogP contribution >= 0.6 is 0 Å². The number of hydrogen-bond acceptors (Lipinski definition) is 3. The van der Waals surface area contributed by atoms with Gasteiger partial charge in [0.25, 0.3) is 5.91 Å². The van der Waals surface area contributed by atoms with Gasteiger partial charge in [-0.2, -0.15) is 0 Å². The molecule has 0 saturated carbocycles. The highest BCUT2D eigenvalue weighted by molar-refractivity contribution is 5.94. The smallest absolute Gasteiger partial charge is 0.251 e. The Bertz CT molecular complexity index is 518. The highest BCUT2D eigenvalue weighted by Gasteiger charge is 2.26. The topological polar surface area (TPSA) is 61.4 Å². The van der Waals surface area contributed by atoms with Crippen molar-refractivity contribution >= 4 is 11.8 Å². The molecule has 5 heteroatoms. The van der Waals surface area contributed by atoms with Crippen LogP contribution in [0.2, 0.25) is 0 Å². The van der Waals surface area contributed by atoms with E-state index in [2.05, 4.69) is 10.6 Å². The second kappa shape index (κ2) is 8.67. The quantitative estimate of drug-likeness (QED) is 0.836. The summed E-state index contributed by atoms with van der Waals surface area (Å²) in [5.41, 5.74) is 0.680. The fourth-order valence-electron chi connectivity index (χ4n) is 3.07. The van der Waals surface area contributed by atoms with Crippen molar-refractivity contribution in [1.29, 1.82) is 0 Å². The minimum absolute atomic E-state index is 0.00217. The van der Waals surface area contributed by atoms with E-state index in [4.69, 9.17) is 0 Å². The van der Waals surface area contributed by atoms with Crippen LogP contribution in [0, 0.1) is 11.8 Å². The highest BCUT2D eigenvalue weighted by atomic mass is 16.2. The monoisotopic (exact) mass is 317 g/mol. The Morgan fingerprint density at radius 2 is 2.04 bits per heavy atom. The number of carbonyl (C=O) groups excluding carboxylic acids is 2. The van der Waals surface area contributed by atoms with Crippen molar-refractivity contribution in [2.24, 2.45) is 11.8 Å². The van der Waals surface area contributed by atoms with Gasteiger partial charge in [0.15, 0.2) is 0 Å². The van der Waals surface area contributed by atoms with Gasteiger partial charge in [0.2, 0.25) is 5.91 Å². The zero-order valence-electron chi connectivity index (χ0n) is 14.0. The van der Waals surface area contributed by atoms with Crippen molar-refractivity contribution in [1.82, 2.24) is 15.5 Å². The Labute approximate surface area is 138 Å². The molecule has 0 aliphatic carbocycles. The third-order valence-corrected chi connectivity index (χ3v) is 4.35. The van der Waals surface area contributed by atoms with E-state index in [0.29, 0.717) is 24.6 Å². The molecule has 0 radical (unpaired) electrons. The summed E-state index contributed by atoms with van der Waals surface area (Å²) in [4.78, 5) is 26.4. The average molecular weight is 317 g/mol. The molecule has 1 aromatic rings. The molecule has 1 aromatic carbocycles. The maximum Gasteiger partial charge on any atom is 0.251 e. The van der Waals surface area contributed by atoms with Crippen LogP contribution < -0.4 is 10.6 Å². The van der Waals surface area contributed by atoms with E-state index < -0.39 is 0 Å². The van der Waals surface area contributed by atoms with Gasteiger partial charge in [0.05, 0.1) is 0 Å². The molecular formula is C18H27N3O2. The zero-order chi connectivity index (χ0) is 16.7. The van der Waals surface area contributed by atoms with Crippen molar-refractivity contribution in [2.75, 3.05) is 33.2 Å². The molecule has 2 rings (SSSR count). The predicted molar refractivity (Wildman–Crippen MR) is 91.2 cm³/mol. The molecule has 2 N–H and O–H groups in total. The summed E-state index contributed by atoms with van der Waals surface area (Å²) >= 11 is 0. The number of carbonyl (C=O) groups is 2. The normalized spacial score (nSPS) is 19.2. The Morgan fingerprint density at radius 3 is 2.74 bits per heavy atom. The number of nitrogens with zero attached hydrogens (tertiary/aromatic N) is 1. The fraction of sp³-hybridized carbons (Fsp3) is 0.556. The maximum atomic E-state index is 12.4. The first-order valence-corrected chi connectivity index (χ1v) is 8.38.